The van der Waals surface area contributed by atoms with Gasteiger partial charge in [0.1, 0.15) is 11.6 Å². The number of carbonyl (C=O) groups excluding carboxylic acids is 2. The molecule has 0 radical (unpaired) electrons. The summed E-state index contributed by atoms with van der Waals surface area (Å²) in [5.41, 5.74) is 3.64. The minimum Gasteiger partial charge on any atom is -0.361 e. The number of rotatable bonds is 8. The smallest absolute Gasteiger partial charge is 0.280 e. The molecule has 0 unspecified atom stereocenters. The molecule has 1 amide bonds. The number of aldehydes is 1. The van der Waals surface area contributed by atoms with Crippen LogP contribution in [0.1, 0.15) is 31.2 Å². The Morgan fingerprint density at radius 1 is 1.18 bits per heavy atom. The van der Waals surface area contributed by atoms with Crippen molar-refractivity contribution in [2.45, 2.75) is 45.4 Å². The Kier molecular flexibility index (Phi) is 7.97. The van der Waals surface area contributed by atoms with Crippen molar-refractivity contribution >= 4 is 69.9 Å². The van der Waals surface area contributed by atoms with Crippen molar-refractivity contribution in [3.8, 4) is 0 Å². The van der Waals surface area contributed by atoms with E-state index in [9.17, 15) is 9.59 Å². The first kappa shape index (κ1) is 27.0. The molecule has 2 aromatic heterocycles. The van der Waals surface area contributed by atoms with Crippen molar-refractivity contribution in [3.05, 3.63) is 74.0 Å². The van der Waals surface area contributed by atoms with Crippen LogP contribution in [-0.2, 0) is 24.4 Å². The van der Waals surface area contributed by atoms with Gasteiger partial charge in [0.25, 0.3) is 5.91 Å². The highest BCUT2D eigenvalue weighted by Crippen LogP contribution is 2.33. The molecule has 0 fully saturated rings. The number of benzene rings is 2. The Hall–Kier alpha value is -2.63. The molecule has 0 atom stereocenters. The van der Waals surface area contributed by atoms with Crippen LogP contribution >= 0.6 is 34.3 Å². The molecule has 0 N–H and O–H groups in total. The molecule has 2 aromatic carbocycles. The van der Waals surface area contributed by atoms with E-state index in [1.54, 1.807) is 0 Å². The largest absolute Gasteiger partial charge is 0.361 e. The number of aromatic nitrogens is 2. The number of carbonyl (C=O) groups is 2. The Labute approximate surface area is 235 Å². The van der Waals surface area contributed by atoms with Crippen molar-refractivity contribution < 1.29 is 14.3 Å². The van der Waals surface area contributed by atoms with Gasteiger partial charge in [0, 0.05) is 33.3 Å². The predicted octanol–water partition coefficient (Wildman–Crippen LogP) is 6.24. The van der Waals surface area contributed by atoms with Crippen LogP contribution < -0.4 is 9.70 Å². The first-order chi connectivity index (χ1) is 18.2. The van der Waals surface area contributed by atoms with E-state index in [0.29, 0.717) is 40.3 Å². The lowest BCUT2D eigenvalue weighted by atomic mass is 9.95. The molecular weight excluding hydrogens is 556 g/mol. The number of fused-ring (bicyclic) bond motifs is 2. The van der Waals surface area contributed by atoms with E-state index in [1.807, 2.05) is 41.0 Å². The van der Waals surface area contributed by atoms with E-state index in [4.69, 9.17) is 16.3 Å². The third kappa shape index (κ3) is 5.84. The van der Waals surface area contributed by atoms with E-state index in [0.717, 1.165) is 46.6 Å². The fourth-order valence-electron chi connectivity index (χ4n) is 4.37. The zero-order valence-corrected chi connectivity index (χ0v) is 25.0. The van der Waals surface area contributed by atoms with Crippen LogP contribution in [0.4, 0.5) is 5.13 Å². The highest BCUT2D eigenvalue weighted by Gasteiger charge is 2.25. The molecule has 0 aliphatic carbocycles. The summed E-state index contributed by atoms with van der Waals surface area (Å²) in [6, 6.07) is 14.9. The van der Waals surface area contributed by atoms with Gasteiger partial charge in [-0.3, -0.25) is 14.2 Å². The van der Waals surface area contributed by atoms with Gasteiger partial charge in [-0.15, -0.1) is 0 Å². The zero-order chi connectivity index (χ0) is 26.9. The zero-order valence-electron chi connectivity index (χ0n) is 21.6. The van der Waals surface area contributed by atoms with Crippen molar-refractivity contribution in [1.29, 1.82) is 0 Å². The van der Waals surface area contributed by atoms with E-state index in [-0.39, 0.29) is 11.1 Å². The van der Waals surface area contributed by atoms with E-state index in [2.05, 4.69) is 40.6 Å². The van der Waals surface area contributed by atoms with Gasteiger partial charge in [0.2, 0.25) is 0 Å². The maximum Gasteiger partial charge on any atom is 0.280 e. The molecule has 198 valence electrons. The molecule has 0 bridgehead atoms. The molecule has 3 heterocycles. The normalized spacial score (nSPS) is 14.2. The Bertz CT molecular complexity index is 1570. The molecule has 11 heteroatoms. The highest BCUT2D eigenvalue weighted by molar-refractivity contribution is 7.17. The minimum absolute atomic E-state index is 0.214. The van der Waals surface area contributed by atoms with Crippen molar-refractivity contribution in [2.75, 3.05) is 18.1 Å². The monoisotopic (exact) mass is 584 g/mol. The average Bonchev–Trinajstić information content (AvgIpc) is 3.44. The molecular formula is C27H29ClN4O3S2Si. The topological polar surface area (TPSA) is 76.8 Å². The second kappa shape index (κ2) is 11.2. The summed E-state index contributed by atoms with van der Waals surface area (Å²) in [6.07, 6.45) is 1.49. The number of ether oxygens (including phenoxy) is 1. The van der Waals surface area contributed by atoms with Crippen molar-refractivity contribution in [1.82, 2.24) is 9.55 Å². The summed E-state index contributed by atoms with van der Waals surface area (Å²) in [5, 5.41) is 0.895. The molecule has 1 aliphatic rings. The number of amides is 1. The Morgan fingerprint density at radius 2 is 2.00 bits per heavy atom. The number of para-hydroxylation sites is 1. The fraction of sp³-hybridized carbons (Fsp3) is 0.333. The van der Waals surface area contributed by atoms with Crippen LogP contribution in [0.5, 0.6) is 0 Å². The van der Waals surface area contributed by atoms with E-state index >= 15 is 0 Å². The van der Waals surface area contributed by atoms with Crippen LogP contribution in [0, 0.1) is 0 Å². The van der Waals surface area contributed by atoms with Crippen LogP contribution in [-0.4, -0.2) is 43.0 Å². The van der Waals surface area contributed by atoms with Gasteiger partial charge in [0.05, 0.1) is 10.2 Å². The number of hydrogen-bond acceptors (Lipinski definition) is 7. The lowest BCUT2D eigenvalue weighted by Gasteiger charge is -2.29. The maximum absolute atomic E-state index is 13.6. The van der Waals surface area contributed by atoms with Gasteiger partial charge < -0.3 is 9.64 Å². The molecule has 0 spiro atoms. The lowest BCUT2D eigenvalue weighted by Crippen LogP contribution is -2.31. The Balaban J connectivity index is 1.46. The summed E-state index contributed by atoms with van der Waals surface area (Å²) < 4.78 is 9.09. The summed E-state index contributed by atoms with van der Waals surface area (Å²) in [6.45, 7) is 9.26. The molecule has 0 saturated carbocycles. The minimum atomic E-state index is -1.21. The lowest BCUT2D eigenvalue weighted by molar-refractivity contribution is 0.0874. The molecule has 1 aliphatic heterocycles. The number of hydrogen-bond donors (Lipinski definition) is 0. The SMILES string of the molecule is C[Si](C)(C)CCOCn1/c(=N\C(=O)c2cccc3c2CN(c2nc(Cl)c(C=O)s2)CC3)sc2ccccc21. The van der Waals surface area contributed by atoms with Crippen molar-refractivity contribution in [3.63, 3.8) is 0 Å². The quantitative estimate of drug-likeness (QED) is 0.139. The summed E-state index contributed by atoms with van der Waals surface area (Å²) >= 11 is 8.87. The number of anilines is 1. The Morgan fingerprint density at radius 3 is 2.76 bits per heavy atom. The predicted molar refractivity (Wildman–Crippen MR) is 158 cm³/mol. The second-order valence-corrected chi connectivity index (χ2v) is 18.4. The van der Waals surface area contributed by atoms with Gasteiger partial charge in [-0.25, -0.2) is 4.98 Å². The van der Waals surface area contributed by atoms with E-state index < -0.39 is 8.07 Å². The number of nitrogens with zero attached hydrogens (tertiary/aromatic N) is 4. The average molecular weight is 585 g/mol. The van der Waals surface area contributed by atoms with Crippen molar-refractivity contribution in [2.24, 2.45) is 4.99 Å². The van der Waals surface area contributed by atoms with Gasteiger partial charge in [-0.1, -0.05) is 78.2 Å². The highest BCUT2D eigenvalue weighted by atomic mass is 35.5. The first-order valence-corrected chi connectivity index (χ1v) is 18.2. The summed E-state index contributed by atoms with van der Waals surface area (Å²) in [7, 11) is -1.21. The molecule has 38 heavy (non-hydrogen) atoms. The maximum atomic E-state index is 13.6. The molecule has 4 aromatic rings. The fourth-order valence-corrected chi connectivity index (χ4v) is 7.23. The van der Waals surface area contributed by atoms with Gasteiger partial charge >= 0.3 is 0 Å². The van der Waals surface area contributed by atoms with Gasteiger partial charge in [-0.2, -0.15) is 4.99 Å². The van der Waals surface area contributed by atoms with Gasteiger partial charge in [-0.05, 0) is 41.8 Å². The first-order valence-electron chi connectivity index (χ1n) is 12.5. The number of halogens is 1. The van der Waals surface area contributed by atoms with Crippen LogP contribution in [0.25, 0.3) is 10.2 Å². The third-order valence-electron chi connectivity index (χ3n) is 6.48. The van der Waals surface area contributed by atoms with E-state index in [1.165, 1.54) is 22.7 Å². The standard InChI is InChI=1S/C27H29ClN4O3S2Si/c1-38(2,3)14-13-35-17-32-21-9-4-5-10-22(21)36-27(32)30-25(34)19-8-6-7-18-11-12-31(15-20(18)19)26-29-24(28)23(16-33)37-26/h4-10,16H,11-15,17H2,1-3H3/b30-27+. The molecule has 0 saturated heterocycles. The third-order valence-corrected chi connectivity index (χ3v) is 10.7. The number of thiazole rings is 2. The molecule has 5 rings (SSSR count). The molecule has 7 nitrogen and oxygen atoms in total. The van der Waals surface area contributed by atoms with Gasteiger partial charge in [0.15, 0.2) is 21.4 Å². The summed E-state index contributed by atoms with van der Waals surface area (Å²) in [5.74, 6) is -0.281. The van der Waals surface area contributed by atoms with Crippen LogP contribution in [0.15, 0.2) is 47.5 Å². The second-order valence-electron chi connectivity index (χ2n) is 10.4. The van der Waals surface area contributed by atoms with Crippen LogP contribution in [0.2, 0.25) is 30.8 Å². The van der Waals surface area contributed by atoms with Crippen LogP contribution in [0.3, 0.4) is 0 Å². The summed E-state index contributed by atoms with van der Waals surface area (Å²) in [4.78, 5) is 36.9.